The minimum absolute atomic E-state index is 0.0385. The van der Waals surface area contributed by atoms with Gasteiger partial charge in [-0.1, -0.05) is 13.0 Å². The van der Waals surface area contributed by atoms with Crippen LogP contribution in [0, 0.1) is 17.3 Å². The Hall–Kier alpha value is -1.64. The molecular formula is C19H20F4O4S. The highest BCUT2D eigenvalue weighted by Gasteiger charge is 2.58. The predicted octanol–water partition coefficient (Wildman–Crippen LogP) is 4.29. The van der Waals surface area contributed by atoms with E-state index in [1.165, 1.54) is 12.1 Å². The molecule has 0 amide bonds. The van der Waals surface area contributed by atoms with E-state index < -0.39 is 27.2 Å². The lowest BCUT2D eigenvalue weighted by Crippen LogP contribution is -2.42. The fourth-order valence-corrected chi connectivity index (χ4v) is 5.98. The predicted molar refractivity (Wildman–Crippen MR) is 91.9 cm³/mol. The number of Topliss-reactive ketones (excluding diaryl/α,β-unsaturated/α-hetero) is 1. The Kier molecular flexibility index (Phi) is 4.34. The molecule has 5 atom stereocenters. The largest absolute Gasteiger partial charge is 0.534 e. The summed E-state index contributed by atoms with van der Waals surface area (Å²) >= 11 is 0. The van der Waals surface area contributed by atoms with Crippen molar-refractivity contribution in [3.8, 4) is 5.75 Å². The first-order valence-electron chi connectivity index (χ1n) is 9.26. The van der Waals surface area contributed by atoms with Crippen LogP contribution in [0.1, 0.15) is 49.7 Å². The standard InChI is InChI=1S/C19H20F4O4S/c1-18-7-6-13-12-5-3-11(27-28(25,26)19(21,22)23)8-10(12)2-4-14(13)15(18)9-16(20)17(18)24/h3,5,8,13-16H,2,4,6-7,9H2,1H3/t13-,14-,15+,16+,18+/m1/s1. The van der Waals surface area contributed by atoms with Gasteiger partial charge >= 0.3 is 15.6 Å². The summed E-state index contributed by atoms with van der Waals surface area (Å²) in [5.74, 6) is -0.476. The Balaban J connectivity index is 1.61. The average molecular weight is 420 g/mol. The molecule has 154 valence electrons. The van der Waals surface area contributed by atoms with Crippen LogP contribution in [0.15, 0.2) is 18.2 Å². The molecule has 0 unspecified atom stereocenters. The van der Waals surface area contributed by atoms with Crippen molar-refractivity contribution in [3.63, 3.8) is 0 Å². The van der Waals surface area contributed by atoms with Crippen LogP contribution in [0.3, 0.4) is 0 Å². The normalized spacial score (nSPS) is 35.1. The van der Waals surface area contributed by atoms with Gasteiger partial charge in [-0.15, -0.1) is 0 Å². The fourth-order valence-electron chi connectivity index (χ4n) is 5.53. The van der Waals surface area contributed by atoms with Crippen LogP contribution in [0.4, 0.5) is 17.6 Å². The number of halogens is 4. The molecule has 3 aliphatic rings. The third kappa shape index (κ3) is 2.84. The summed E-state index contributed by atoms with van der Waals surface area (Å²) in [5, 5.41) is 0. The number of ketones is 1. The lowest BCUT2D eigenvalue weighted by atomic mass is 9.55. The van der Waals surface area contributed by atoms with Gasteiger partial charge in [0.25, 0.3) is 0 Å². The first-order chi connectivity index (χ1) is 12.9. The van der Waals surface area contributed by atoms with Crippen molar-refractivity contribution in [1.82, 2.24) is 0 Å². The highest BCUT2D eigenvalue weighted by Crippen LogP contribution is 2.60. The van der Waals surface area contributed by atoms with Crippen molar-refractivity contribution < 1.29 is 35.0 Å². The molecule has 28 heavy (non-hydrogen) atoms. The molecule has 3 aliphatic carbocycles. The number of rotatable bonds is 2. The van der Waals surface area contributed by atoms with Gasteiger partial charge in [0.05, 0.1) is 0 Å². The van der Waals surface area contributed by atoms with E-state index in [1.54, 1.807) is 6.07 Å². The van der Waals surface area contributed by atoms with Crippen LogP contribution in [-0.2, 0) is 21.3 Å². The van der Waals surface area contributed by atoms with Crippen molar-refractivity contribution in [2.24, 2.45) is 17.3 Å². The summed E-state index contributed by atoms with van der Waals surface area (Å²) in [6.07, 6.45) is 1.31. The molecule has 1 aromatic carbocycles. The average Bonchev–Trinajstić information content (AvgIpc) is 2.84. The lowest BCUT2D eigenvalue weighted by molar-refractivity contribution is -0.132. The maximum Gasteiger partial charge on any atom is 0.534 e. The van der Waals surface area contributed by atoms with Crippen molar-refractivity contribution >= 4 is 15.9 Å². The molecule has 9 heteroatoms. The zero-order chi connectivity index (χ0) is 20.5. The Bertz CT molecular complexity index is 926. The Morgan fingerprint density at radius 1 is 1.21 bits per heavy atom. The van der Waals surface area contributed by atoms with Gasteiger partial charge in [-0.25, -0.2) is 4.39 Å². The molecule has 4 rings (SSSR count). The van der Waals surface area contributed by atoms with Crippen LogP contribution in [-0.4, -0.2) is 25.9 Å². The van der Waals surface area contributed by atoms with E-state index in [-0.39, 0.29) is 35.7 Å². The minimum Gasteiger partial charge on any atom is -0.376 e. The van der Waals surface area contributed by atoms with Gasteiger partial charge in [-0.2, -0.15) is 21.6 Å². The summed E-state index contributed by atoms with van der Waals surface area (Å²) < 4.78 is 78.4. The van der Waals surface area contributed by atoms with E-state index in [1.807, 2.05) is 6.92 Å². The molecule has 1 aromatic rings. The van der Waals surface area contributed by atoms with Crippen LogP contribution in [0.25, 0.3) is 0 Å². The number of aryl methyl sites for hydroxylation is 1. The third-order valence-electron chi connectivity index (χ3n) is 6.89. The number of hydrogen-bond donors (Lipinski definition) is 0. The first-order valence-corrected chi connectivity index (χ1v) is 10.7. The molecule has 0 bridgehead atoms. The molecule has 0 aliphatic heterocycles. The molecule has 2 saturated carbocycles. The van der Waals surface area contributed by atoms with Gasteiger partial charge in [-0.05, 0) is 73.1 Å². The zero-order valence-electron chi connectivity index (χ0n) is 15.1. The Morgan fingerprint density at radius 2 is 1.93 bits per heavy atom. The number of hydrogen-bond acceptors (Lipinski definition) is 4. The maximum absolute atomic E-state index is 14.1. The summed E-state index contributed by atoms with van der Waals surface area (Å²) in [6.45, 7) is 1.85. The third-order valence-corrected chi connectivity index (χ3v) is 7.86. The van der Waals surface area contributed by atoms with E-state index in [2.05, 4.69) is 4.18 Å². The smallest absolute Gasteiger partial charge is 0.376 e. The zero-order valence-corrected chi connectivity index (χ0v) is 15.9. The Morgan fingerprint density at radius 3 is 2.61 bits per heavy atom. The summed E-state index contributed by atoms with van der Waals surface area (Å²) in [5.41, 5.74) is -4.44. The highest BCUT2D eigenvalue weighted by molar-refractivity contribution is 7.88. The van der Waals surface area contributed by atoms with Gasteiger partial charge in [0.15, 0.2) is 12.0 Å². The first kappa shape index (κ1) is 19.7. The molecule has 0 N–H and O–H groups in total. The fraction of sp³-hybridized carbons (Fsp3) is 0.632. The number of carbonyl (C=O) groups is 1. The summed E-state index contributed by atoms with van der Waals surface area (Å²) in [4.78, 5) is 12.3. The number of fused-ring (bicyclic) bond motifs is 5. The van der Waals surface area contributed by atoms with Crippen LogP contribution in [0.5, 0.6) is 5.75 Å². The van der Waals surface area contributed by atoms with Crippen molar-refractivity contribution in [3.05, 3.63) is 29.3 Å². The van der Waals surface area contributed by atoms with Gasteiger partial charge in [0.2, 0.25) is 0 Å². The molecule has 0 heterocycles. The highest BCUT2D eigenvalue weighted by atomic mass is 32.2. The summed E-state index contributed by atoms with van der Waals surface area (Å²) in [7, 11) is -5.71. The Labute approximate surface area is 160 Å². The van der Waals surface area contributed by atoms with Crippen LogP contribution < -0.4 is 4.18 Å². The van der Waals surface area contributed by atoms with E-state index >= 15 is 0 Å². The molecule has 2 fully saturated rings. The summed E-state index contributed by atoms with van der Waals surface area (Å²) in [6, 6.07) is 4.19. The maximum atomic E-state index is 14.1. The second-order valence-corrected chi connectivity index (χ2v) is 9.82. The molecule has 4 nitrogen and oxygen atoms in total. The van der Waals surface area contributed by atoms with Crippen LogP contribution >= 0.6 is 0 Å². The number of benzene rings is 1. The molecule has 0 aromatic heterocycles. The van der Waals surface area contributed by atoms with E-state index in [0.29, 0.717) is 25.7 Å². The molecule has 0 spiro atoms. The SMILES string of the molecule is C[C@]12CC[C@@H]3c4ccc(OS(=O)(=O)C(F)(F)F)cc4CC[C@H]3[C@@H]1C[C@H](F)C2=O. The van der Waals surface area contributed by atoms with Gasteiger partial charge in [0, 0.05) is 5.41 Å². The van der Waals surface area contributed by atoms with Gasteiger partial charge in [0.1, 0.15) is 5.75 Å². The lowest BCUT2D eigenvalue weighted by Gasteiger charge is -2.48. The van der Waals surface area contributed by atoms with Gasteiger partial charge < -0.3 is 4.18 Å². The molecule has 0 saturated heterocycles. The monoisotopic (exact) mass is 420 g/mol. The van der Waals surface area contributed by atoms with Crippen molar-refractivity contribution in [2.75, 3.05) is 0 Å². The molecular weight excluding hydrogens is 400 g/mol. The number of carbonyl (C=O) groups excluding carboxylic acids is 1. The van der Waals surface area contributed by atoms with E-state index in [4.69, 9.17) is 0 Å². The molecule has 0 radical (unpaired) electrons. The van der Waals surface area contributed by atoms with Crippen molar-refractivity contribution in [2.45, 2.75) is 56.6 Å². The van der Waals surface area contributed by atoms with Crippen molar-refractivity contribution in [1.29, 1.82) is 0 Å². The quantitative estimate of drug-likeness (QED) is 0.407. The minimum atomic E-state index is -5.71. The van der Waals surface area contributed by atoms with Crippen LogP contribution in [0.2, 0.25) is 0 Å². The second kappa shape index (κ2) is 6.18. The topological polar surface area (TPSA) is 60.4 Å². The van der Waals surface area contributed by atoms with Gasteiger partial charge in [-0.3, -0.25) is 4.79 Å². The van der Waals surface area contributed by atoms with E-state index in [9.17, 15) is 30.8 Å². The van der Waals surface area contributed by atoms with E-state index in [0.717, 1.165) is 11.1 Å². The number of alkyl halides is 4. The second-order valence-electron chi connectivity index (χ2n) is 8.28.